The number of benzene rings is 3. The quantitative estimate of drug-likeness (QED) is 0.0779. The maximum Gasteiger partial charge on any atom is 0.293 e. The molecule has 19 rings (SSSR count). The molecule has 3 aromatic carbocycles. The zero-order valence-corrected chi connectivity index (χ0v) is 81.1. The molecular formula is C100H116F5N25O8. The number of halogens is 5. The molecule has 724 valence electrons. The van der Waals surface area contributed by atoms with Crippen molar-refractivity contribution in [1.82, 2.24) is 119 Å². The van der Waals surface area contributed by atoms with Crippen LogP contribution in [0.1, 0.15) is 279 Å². The van der Waals surface area contributed by atoms with Crippen LogP contribution in [0.3, 0.4) is 0 Å². The zero-order chi connectivity index (χ0) is 99.3. The number of hydrogen-bond donors (Lipinski definition) is 4. The Labute approximate surface area is 794 Å². The van der Waals surface area contributed by atoms with E-state index < -0.39 is 28.1 Å². The van der Waals surface area contributed by atoms with Crippen LogP contribution in [0.4, 0.5) is 27.8 Å². The number of anilines is 1. The van der Waals surface area contributed by atoms with Gasteiger partial charge in [0.1, 0.15) is 68.5 Å². The number of hydrogen-bond acceptors (Lipinski definition) is 19. The lowest BCUT2D eigenvalue weighted by Gasteiger charge is -2.46. The average molecular weight is 1890 g/mol. The number of alkyl halides is 2. The number of aromatic amines is 2. The van der Waals surface area contributed by atoms with Gasteiger partial charge in [-0.25, -0.2) is 64.9 Å². The predicted octanol–water partition coefficient (Wildman–Crippen LogP) is 14.8. The first-order chi connectivity index (χ1) is 65.0. The van der Waals surface area contributed by atoms with Gasteiger partial charge in [0.25, 0.3) is 35.4 Å². The molecule has 4 aliphatic heterocycles. The molecule has 10 aromatic heterocycles. The fraction of sp³-hybridized carbons (Fsp3) is 0.450. The maximum absolute atomic E-state index is 14.4. The SMILES string of the molecule is CC(C)(C)c1cc(-c2ccccc2F)nn2cc(C(=O)N3CCNC(=O)C3(C)C)nc12.CC(C)(C)c1cc(C2CCC(F)(F)CC2)nn2cc(C(=O)N3CCN(c4ccn[nH]4)C(=O)C3(C)C)nc12.CC(C)c1cc(-c2ccc(F)c(C3CC3)c2)nn2cc(C(=O)N3CCNC(=O)C3(C)C)nc12.Cc1nc(C(=O)N2CCN(C(=O)c3cn4nc(-c5ccc(F)cc5)cc(C(C)C)c4n3)C(C)(C)C2)n[nH]1. The van der Waals surface area contributed by atoms with Gasteiger partial charge in [-0.05, 0) is 201 Å². The summed E-state index contributed by atoms with van der Waals surface area (Å²) in [7, 11) is 0. The van der Waals surface area contributed by atoms with E-state index in [0.717, 1.165) is 57.5 Å². The number of fused-ring (bicyclic) bond motifs is 4. The first-order valence-electron chi connectivity index (χ1n) is 46.6. The molecule has 0 unspecified atom stereocenters. The first-order valence-corrected chi connectivity index (χ1v) is 46.6. The van der Waals surface area contributed by atoms with Gasteiger partial charge in [-0.15, -0.1) is 5.10 Å². The molecule has 6 aliphatic rings. The second-order valence-corrected chi connectivity index (χ2v) is 41.1. The standard InChI is InChI=1S/C26H33F2N7O2.C26H29FN8O2.C25H28FN5O2.C23H26FN5O2/c1-24(2,3)17-14-18(16-6-9-26(27,28)10-7-16)32-35-15-19(30-21(17)35)22(36)34-13-12-33(20-8-11-29-31-20)23(37)25(34,4)5;1-15(2)19-12-20(17-6-8-18(27)9-7-17)32-35-13-21(29-23(19)35)24(36)34-11-10-33(14-26(34,4)5)25(37)22-28-16(3)30-31-22;1-14(2)17-12-20(16-7-8-19(26)18(11-16)15-5-6-15)29-31-13-21(28-22(17)31)23(32)30-10-9-27-24(33)25(30,3)4;1-22(2,3)15-12-17(14-8-6-7-9-16(14)24)27-29-13-18(26-19(15)29)20(30)28-11-10-25-21(31)23(28,4)5/h8,11,14-16H,6-7,9-10,12-13H2,1-5H3,(H,29,31);6-9,12-13,15H,10-11,14H2,1-5H3,(H,28,30,31);7-8,11-15H,5-6,9-10H2,1-4H3,(H,27,33);6-9,12-13H,10-11H2,1-5H3,(H,25,31). The third-order valence-corrected chi connectivity index (χ3v) is 26.7. The van der Waals surface area contributed by atoms with E-state index in [1.807, 2.05) is 85.7 Å². The van der Waals surface area contributed by atoms with Crippen molar-refractivity contribution < 1.29 is 60.3 Å². The Morgan fingerprint density at radius 1 is 0.471 bits per heavy atom. The van der Waals surface area contributed by atoms with Crippen molar-refractivity contribution in [1.29, 1.82) is 0 Å². The maximum atomic E-state index is 14.4. The normalized spacial score (nSPS) is 17.7. The lowest BCUT2D eigenvalue weighted by molar-refractivity contribution is -0.133. The number of nitrogens with one attached hydrogen (secondary N) is 4. The van der Waals surface area contributed by atoms with Crippen molar-refractivity contribution in [2.45, 2.75) is 233 Å². The molecule has 33 nitrogen and oxygen atoms in total. The largest absolute Gasteiger partial charge is 0.352 e. The van der Waals surface area contributed by atoms with E-state index in [2.05, 4.69) is 93.8 Å². The molecule has 0 radical (unpaired) electrons. The Balaban J connectivity index is 0.000000133. The Kier molecular flexibility index (Phi) is 25.8. The van der Waals surface area contributed by atoms with E-state index >= 15 is 0 Å². The van der Waals surface area contributed by atoms with Crippen LogP contribution in [0.5, 0.6) is 0 Å². The van der Waals surface area contributed by atoms with Crippen molar-refractivity contribution in [2.75, 3.05) is 63.8 Å². The number of imidazole rings is 4. The number of aryl methyl sites for hydroxylation is 1. The molecule has 2 saturated carbocycles. The molecule has 0 spiro atoms. The molecule has 14 heterocycles. The van der Waals surface area contributed by atoms with Crippen molar-refractivity contribution in [2.24, 2.45) is 0 Å². The Morgan fingerprint density at radius 2 is 0.949 bits per heavy atom. The Hall–Kier alpha value is -14.1. The summed E-state index contributed by atoms with van der Waals surface area (Å²) in [6.07, 6.45) is 10.5. The second kappa shape index (κ2) is 36.8. The zero-order valence-electron chi connectivity index (χ0n) is 81.1. The molecule has 4 saturated heterocycles. The molecule has 0 atom stereocenters. The fourth-order valence-electron chi connectivity index (χ4n) is 18.3. The lowest BCUT2D eigenvalue weighted by atomic mass is 9.82. The number of rotatable bonds is 13. The van der Waals surface area contributed by atoms with Gasteiger partial charge in [-0.2, -0.15) is 25.5 Å². The lowest BCUT2D eigenvalue weighted by Crippen LogP contribution is -2.65. The van der Waals surface area contributed by atoms with Gasteiger partial charge in [0, 0.05) is 123 Å². The minimum Gasteiger partial charge on any atom is -0.352 e. The Morgan fingerprint density at radius 3 is 1.44 bits per heavy atom. The van der Waals surface area contributed by atoms with E-state index in [9.17, 15) is 60.3 Å². The summed E-state index contributed by atoms with van der Waals surface area (Å²) in [5.41, 5.74) is 7.88. The number of H-pyrrole nitrogens is 2. The van der Waals surface area contributed by atoms with Crippen molar-refractivity contribution in [3.63, 3.8) is 0 Å². The molecular weight excluding hydrogens is 1770 g/mol. The summed E-state index contributed by atoms with van der Waals surface area (Å²) < 4.78 is 76.1. The highest BCUT2D eigenvalue weighted by Gasteiger charge is 2.49. The van der Waals surface area contributed by atoms with Gasteiger partial charge in [0.2, 0.25) is 23.6 Å². The molecule has 2 aliphatic carbocycles. The summed E-state index contributed by atoms with van der Waals surface area (Å²) in [6.45, 7) is 39.7. The molecule has 0 bridgehead atoms. The van der Waals surface area contributed by atoms with E-state index in [-0.39, 0.29) is 135 Å². The summed E-state index contributed by atoms with van der Waals surface area (Å²) in [5, 5.41) is 37.6. The van der Waals surface area contributed by atoms with Gasteiger partial charge in [-0.3, -0.25) is 53.5 Å². The summed E-state index contributed by atoms with van der Waals surface area (Å²) >= 11 is 0. The number of nitrogens with zero attached hydrogens (tertiary/aromatic N) is 21. The van der Waals surface area contributed by atoms with E-state index in [0.29, 0.717) is 135 Å². The smallest absolute Gasteiger partial charge is 0.293 e. The van der Waals surface area contributed by atoms with Gasteiger partial charge in [0.05, 0.1) is 59.3 Å². The number of aromatic nitrogens is 17. The Bertz CT molecular complexity index is 6920. The van der Waals surface area contributed by atoms with Crippen LogP contribution in [0, 0.1) is 24.4 Å². The summed E-state index contributed by atoms with van der Waals surface area (Å²) in [4.78, 5) is 137. The molecule has 38 heteroatoms. The van der Waals surface area contributed by atoms with E-state index in [1.54, 1.807) is 160 Å². The third-order valence-electron chi connectivity index (χ3n) is 26.7. The van der Waals surface area contributed by atoms with Gasteiger partial charge < -0.3 is 35.1 Å². The van der Waals surface area contributed by atoms with Crippen molar-refractivity contribution >= 4 is 75.7 Å². The minimum absolute atomic E-state index is 0.0706. The summed E-state index contributed by atoms with van der Waals surface area (Å²) in [5.74, 6) is -3.79. The van der Waals surface area contributed by atoms with Crippen LogP contribution in [0.25, 0.3) is 56.4 Å². The van der Waals surface area contributed by atoms with Crippen LogP contribution >= 0.6 is 0 Å². The minimum atomic E-state index is -2.62. The van der Waals surface area contributed by atoms with Crippen molar-refractivity contribution in [3.8, 4) is 33.8 Å². The number of carbonyl (C=O) groups excluding carboxylic acids is 8. The van der Waals surface area contributed by atoms with Crippen LogP contribution in [0.2, 0.25) is 0 Å². The third kappa shape index (κ3) is 19.3. The van der Waals surface area contributed by atoms with Crippen LogP contribution < -0.4 is 15.5 Å². The molecule has 138 heavy (non-hydrogen) atoms. The van der Waals surface area contributed by atoms with E-state index in [1.165, 1.54) is 33.7 Å². The molecule has 13 aromatic rings. The highest BCUT2D eigenvalue weighted by Crippen LogP contribution is 2.45. The molecule has 4 N–H and O–H groups in total. The van der Waals surface area contributed by atoms with Crippen LogP contribution in [-0.4, -0.2) is 243 Å². The average Bonchev–Trinajstić information content (AvgIpc) is 1.54. The van der Waals surface area contributed by atoms with Gasteiger partial charge in [-0.1, -0.05) is 81.4 Å². The monoisotopic (exact) mass is 1890 g/mol. The highest BCUT2D eigenvalue weighted by atomic mass is 19.3. The number of carbonyl (C=O) groups is 8. The van der Waals surface area contributed by atoms with Crippen LogP contribution in [0.15, 0.2) is 128 Å². The second-order valence-electron chi connectivity index (χ2n) is 41.1. The van der Waals surface area contributed by atoms with Crippen LogP contribution in [-0.2, 0) is 25.2 Å². The van der Waals surface area contributed by atoms with Gasteiger partial charge >= 0.3 is 0 Å². The molecule has 6 fully saturated rings. The predicted molar refractivity (Wildman–Crippen MR) is 506 cm³/mol. The van der Waals surface area contributed by atoms with E-state index in [4.69, 9.17) is 10.2 Å². The fourth-order valence-corrected chi connectivity index (χ4v) is 18.3. The highest BCUT2D eigenvalue weighted by molar-refractivity contribution is 6.05. The number of piperazine rings is 4. The molecule has 8 amide bonds. The van der Waals surface area contributed by atoms with Crippen molar-refractivity contribution in [3.05, 3.63) is 213 Å². The summed E-state index contributed by atoms with van der Waals surface area (Å²) in [6, 6.07) is 27.2. The first kappa shape index (κ1) is 97.0. The topological polar surface area (TPSA) is 371 Å². The van der Waals surface area contributed by atoms with Gasteiger partial charge in [0.15, 0.2) is 22.6 Å². The number of amides is 8.